The van der Waals surface area contributed by atoms with Crippen molar-refractivity contribution in [2.24, 2.45) is 11.7 Å². The van der Waals surface area contributed by atoms with Crippen molar-refractivity contribution in [2.75, 3.05) is 19.7 Å². The average molecular weight is 386 g/mol. The van der Waals surface area contributed by atoms with Gasteiger partial charge >= 0.3 is 5.97 Å². The smallest absolute Gasteiger partial charge is 0.349 e. The number of rotatable bonds is 5. The predicted octanol–water partition coefficient (Wildman–Crippen LogP) is 2.60. The molecule has 0 unspecified atom stereocenters. The van der Waals surface area contributed by atoms with Gasteiger partial charge < -0.3 is 15.4 Å². The van der Waals surface area contributed by atoms with Crippen LogP contribution in [0.1, 0.15) is 28.1 Å². The van der Waals surface area contributed by atoms with Gasteiger partial charge in [0.15, 0.2) is 6.61 Å². The summed E-state index contributed by atoms with van der Waals surface area (Å²) in [6.45, 7) is 2.50. The van der Waals surface area contributed by atoms with Crippen molar-refractivity contribution < 1.29 is 19.1 Å². The third-order valence-corrected chi connectivity index (χ3v) is 5.61. The highest BCUT2D eigenvalue weighted by molar-refractivity contribution is 7.12. The normalized spacial score (nSPS) is 16.8. The van der Waals surface area contributed by atoms with Gasteiger partial charge in [-0.2, -0.15) is 0 Å². The molecule has 6 nitrogen and oxygen atoms in total. The van der Waals surface area contributed by atoms with Crippen LogP contribution in [0.3, 0.4) is 0 Å². The van der Waals surface area contributed by atoms with Crippen LogP contribution in [0.5, 0.6) is 0 Å². The van der Waals surface area contributed by atoms with Crippen LogP contribution in [0.2, 0.25) is 0 Å². The molecule has 2 aromatic rings. The zero-order valence-corrected chi connectivity index (χ0v) is 16.0. The van der Waals surface area contributed by atoms with Crippen LogP contribution in [0.15, 0.2) is 35.7 Å². The number of hydrogen-bond acceptors (Lipinski definition) is 5. The minimum absolute atomic E-state index is 0.291. The SMILES string of the molecule is Cc1ccc(-c2ccsc2C(=O)OCC(=O)N2CCC[C@@H](C(N)=O)C2)cc1. The van der Waals surface area contributed by atoms with E-state index in [1.54, 1.807) is 4.90 Å². The van der Waals surface area contributed by atoms with E-state index >= 15 is 0 Å². The van der Waals surface area contributed by atoms with E-state index in [4.69, 9.17) is 10.5 Å². The second-order valence-corrected chi connectivity index (χ2v) is 7.60. The third kappa shape index (κ3) is 4.54. The van der Waals surface area contributed by atoms with E-state index in [9.17, 15) is 14.4 Å². The monoisotopic (exact) mass is 386 g/mol. The molecule has 2 heterocycles. The molecule has 0 bridgehead atoms. The Labute approximate surface area is 161 Å². The van der Waals surface area contributed by atoms with E-state index in [2.05, 4.69) is 0 Å². The Kier molecular flexibility index (Phi) is 5.91. The molecule has 1 fully saturated rings. The molecule has 1 atom stereocenters. The number of hydrogen-bond donors (Lipinski definition) is 1. The first kappa shape index (κ1) is 19.1. The van der Waals surface area contributed by atoms with E-state index in [1.165, 1.54) is 11.3 Å². The summed E-state index contributed by atoms with van der Waals surface area (Å²) in [5.74, 6) is -1.55. The fourth-order valence-corrected chi connectivity index (χ4v) is 3.96. The molecule has 7 heteroatoms. The lowest BCUT2D eigenvalue weighted by Crippen LogP contribution is -2.45. The molecular formula is C20H22N2O4S. The molecule has 1 aromatic carbocycles. The zero-order valence-electron chi connectivity index (χ0n) is 15.1. The minimum Gasteiger partial charge on any atom is -0.451 e. The highest BCUT2D eigenvalue weighted by atomic mass is 32.1. The fourth-order valence-electron chi connectivity index (χ4n) is 3.15. The molecule has 0 aliphatic carbocycles. The van der Waals surface area contributed by atoms with Gasteiger partial charge in [-0.15, -0.1) is 11.3 Å². The van der Waals surface area contributed by atoms with Crippen molar-refractivity contribution in [3.8, 4) is 11.1 Å². The van der Waals surface area contributed by atoms with Crippen molar-refractivity contribution >= 4 is 29.1 Å². The highest BCUT2D eigenvalue weighted by Gasteiger charge is 2.27. The fraction of sp³-hybridized carbons (Fsp3) is 0.350. The molecule has 0 saturated carbocycles. The Balaban J connectivity index is 1.62. The predicted molar refractivity (Wildman–Crippen MR) is 103 cm³/mol. The molecule has 0 radical (unpaired) electrons. The molecule has 2 amide bonds. The van der Waals surface area contributed by atoms with E-state index in [1.807, 2.05) is 42.6 Å². The van der Waals surface area contributed by atoms with Crippen LogP contribution in [0.4, 0.5) is 0 Å². The number of aryl methyl sites for hydroxylation is 1. The van der Waals surface area contributed by atoms with Crippen LogP contribution in [0.25, 0.3) is 11.1 Å². The molecule has 142 valence electrons. The largest absolute Gasteiger partial charge is 0.451 e. The summed E-state index contributed by atoms with van der Waals surface area (Å²) in [6.07, 6.45) is 1.41. The summed E-state index contributed by atoms with van der Waals surface area (Å²) >= 11 is 1.29. The molecule has 1 aliphatic heterocycles. The van der Waals surface area contributed by atoms with Gasteiger partial charge in [0.25, 0.3) is 5.91 Å². The van der Waals surface area contributed by atoms with Crippen molar-refractivity contribution in [3.05, 3.63) is 46.2 Å². The molecular weight excluding hydrogens is 364 g/mol. The minimum atomic E-state index is -0.516. The number of likely N-dealkylation sites (tertiary alicyclic amines) is 1. The number of nitrogens with zero attached hydrogens (tertiary/aromatic N) is 1. The molecule has 1 aromatic heterocycles. The van der Waals surface area contributed by atoms with Gasteiger partial charge in [0.1, 0.15) is 4.88 Å². The van der Waals surface area contributed by atoms with Crippen molar-refractivity contribution in [1.29, 1.82) is 0 Å². The lowest BCUT2D eigenvalue weighted by Gasteiger charge is -2.31. The van der Waals surface area contributed by atoms with Crippen LogP contribution < -0.4 is 5.73 Å². The van der Waals surface area contributed by atoms with Crippen LogP contribution in [-0.4, -0.2) is 42.4 Å². The van der Waals surface area contributed by atoms with Crippen LogP contribution in [0, 0.1) is 12.8 Å². The van der Waals surface area contributed by atoms with Gasteiger partial charge in [-0.25, -0.2) is 4.79 Å². The molecule has 27 heavy (non-hydrogen) atoms. The molecule has 1 saturated heterocycles. The second-order valence-electron chi connectivity index (χ2n) is 6.69. The number of carbonyl (C=O) groups is 3. The number of ether oxygens (including phenoxy) is 1. The number of nitrogens with two attached hydrogens (primary N) is 1. The number of thiophene rings is 1. The van der Waals surface area contributed by atoms with E-state index in [0.717, 1.165) is 23.1 Å². The van der Waals surface area contributed by atoms with E-state index in [0.29, 0.717) is 24.4 Å². The van der Waals surface area contributed by atoms with Gasteiger partial charge in [-0.3, -0.25) is 9.59 Å². The second kappa shape index (κ2) is 8.35. The maximum atomic E-state index is 12.5. The number of carbonyl (C=O) groups excluding carboxylic acids is 3. The Morgan fingerprint density at radius 2 is 1.96 bits per heavy atom. The maximum Gasteiger partial charge on any atom is 0.349 e. The molecule has 0 spiro atoms. The summed E-state index contributed by atoms with van der Waals surface area (Å²) in [7, 11) is 0. The maximum absolute atomic E-state index is 12.5. The lowest BCUT2D eigenvalue weighted by molar-refractivity contribution is -0.137. The first-order valence-corrected chi connectivity index (χ1v) is 9.72. The Morgan fingerprint density at radius 3 is 2.67 bits per heavy atom. The number of esters is 1. The van der Waals surface area contributed by atoms with Crippen molar-refractivity contribution in [1.82, 2.24) is 4.90 Å². The Morgan fingerprint density at radius 1 is 1.22 bits per heavy atom. The van der Waals surface area contributed by atoms with E-state index in [-0.39, 0.29) is 18.4 Å². The first-order chi connectivity index (χ1) is 13.0. The molecule has 2 N–H and O–H groups in total. The molecule has 3 rings (SSSR count). The van der Waals surface area contributed by atoms with Crippen LogP contribution in [-0.2, 0) is 14.3 Å². The number of piperidine rings is 1. The number of benzene rings is 1. The average Bonchev–Trinajstić information content (AvgIpc) is 3.16. The lowest BCUT2D eigenvalue weighted by atomic mass is 9.97. The van der Waals surface area contributed by atoms with Crippen molar-refractivity contribution in [3.63, 3.8) is 0 Å². The summed E-state index contributed by atoms with van der Waals surface area (Å²) in [5, 5.41) is 1.83. The highest BCUT2D eigenvalue weighted by Crippen LogP contribution is 2.29. The van der Waals surface area contributed by atoms with Gasteiger partial charge in [-0.05, 0) is 36.8 Å². The van der Waals surface area contributed by atoms with E-state index < -0.39 is 11.9 Å². The Bertz CT molecular complexity index is 844. The quantitative estimate of drug-likeness (QED) is 0.800. The summed E-state index contributed by atoms with van der Waals surface area (Å²) in [5.41, 5.74) is 8.20. The van der Waals surface area contributed by atoms with Crippen molar-refractivity contribution in [2.45, 2.75) is 19.8 Å². The standard InChI is InChI=1S/C20H22N2O4S/c1-13-4-6-14(7-5-13)16-8-10-27-18(16)20(25)26-12-17(23)22-9-2-3-15(11-22)19(21)24/h4-8,10,15H,2-3,9,11-12H2,1H3,(H2,21,24)/t15-/m1/s1. The van der Waals surface area contributed by atoms with Crippen LogP contribution >= 0.6 is 11.3 Å². The zero-order chi connectivity index (χ0) is 19.4. The third-order valence-electron chi connectivity index (χ3n) is 4.72. The van der Waals surface area contributed by atoms with Gasteiger partial charge in [0.05, 0.1) is 5.92 Å². The summed E-state index contributed by atoms with van der Waals surface area (Å²) < 4.78 is 5.25. The van der Waals surface area contributed by atoms with Gasteiger partial charge in [-0.1, -0.05) is 29.8 Å². The summed E-state index contributed by atoms with van der Waals surface area (Å²) in [6, 6.07) is 9.75. The Hall–Kier alpha value is -2.67. The van der Waals surface area contributed by atoms with Gasteiger partial charge in [0, 0.05) is 18.7 Å². The molecule has 1 aliphatic rings. The topological polar surface area (TPSA) is 89.7 Å². The van der Waals surface area contributed by atoms with Gasteiger partial charge in [0.2, 0.25) is 5.91 Å². The first-order valence-electron chi connectivity index (χ1n) is 8.84. The summed E-state index contributed by atoms with van der Waals surface area (Å²) in [4.78, 5) is 38.2. The number of amides is 2. The number of primary amides is 1.